The molecule has 0 aliphatic heterocycles. The topological polar surface area (TPSA) is 69.6 Å². The van der Waals surface area contributed by atoms with Crippen LogP contribution >= 0.6 is 0 Å². The lowest BCUT2D eigenvalue weighted by Gasteiger charge is -2.22. The standard InChI is InChI=1S/C16H22N2O3/c1-16(2,3)11-4-6-12(7-5-11)17-15(21)18(10-14(19)20)13-8-9-13/h4-7,13H,8-10H2,1-3H3,(H,17,21)(H,19,20). The number of amides is 2. The van der Waals surface area contributed by atoms with Crippen molar-refractivity contribution in [3.05, 3.63) is 29.8 Å². The number of aliphatic carboxylic acids is 1. The van der Waals surface area contributed by atoms with Crippen LogP contribution < -0.4 is 5.32 Å². The molecule has 0 saturated heterocycles. The second-order valence-corrected chi connectivity index (χ2v) is 6.51. The van der Waals surface area contributed by atoms with Crippen molar-refractivity contribution >= 4 is 17.7 Å². The second kappa shape index (κ2) is 5.76. The average Bonchev–Trinajstić information content (AvgIpc) is 3.19. The van der Waals surface area contributed by atoms with Crippen LogP contribution in [0.3, 0.4) is 0 Å². The lowest BCUT2D eigenvalue weighted by Crippen LogP contribution is -2.40. The number of urea groups is 1. The first-order chi connectivity index (χ1) is 9.77. The fourth-order valence-electron chi connectivity index (χ4n) is 2.15. The van der Waals surface area contributed by atoms with E-state index in [1.807, 2.05) is 24.3 Å². The van der Waals surface area contributed by atoms with Crippen molar-refractivity contribution < 1.29 is 14.7 Å². The van der Waals surface area contributed by atoms with E-state index in [0.717, 1.165) is 12.8 Å². The van der Waals surface area contributed by atoms with Gasteiger partial charge in [0.25, 0.3) is 0 Å². The molecule has 1 saturated carbocycles. The van der Waals surface area contributed by atoms with Crippen molar-refractivity contribution in [2.75, 3.05) is 11.9 Å². The summed E-state index contributed by atoms with van der Waals surface area (Å²) in [7, 11) is 0. The fraction of sp³-hybridized carbons (Fsp3) is 0.500. The van der Waals surface area contributed by atoms with Crippen LogP contribution in [-0.4, -0.2) is 34.6 Å². The van der Waals surface area contributed by atoms with Crippen LogP contribution in [0.15, 0.2) is 24.3 Å². The minimum Gasteiger partial charge on any atom is -0.480 e. The minimum absolute atomic E-state index is 0.0614. The molecule has 5 heteroatoms. The van der Waals surface area contributed by atoms with E-state index in [0.29, 0.717) is 5.69 Å². The second-order valence-electron chi connectivity index (χ2n) is 6.51. The molecule has 5 nitrogen and oxygen atoms in total. The highest BCUT2D eigenvalue weighted by Crippen LogP contribution is 2.28. The third-order valence-corrected chi connectivity index (χ3v) is 3.56. The average molecular weight is 290 g/mol. The van der Waals surface area contributed by atoms with Crippen LogP contribution in [0.1, 0.15) is 39.2 Å². The number of benzene rings is 1. The van der Waals surface area contributed by atoms with E-state index < -0.39 is 5.97 Å². The molecule has 0 spiro atoms. The lowest BCUT2D eigenvalue weighted by atomic mass is 9.87. The van der Waals surface area contributed by atoms with E-state index in [2.05, 4.69) is 26.1 Å². The number of nitrogens with one attached hydrogen (secondary N) is 1. The first kappa shape index (κ1) is 15.4. The number of hydrogen-bond donors (Lipinski definition) is 2. The van der Waals surface area contributed by atoms with E-state index in [1.54, 1.807) is 0 Å². The van der Waals surface area contributed by atoms with Crippen molar-refractivity contribution in [1.82, 2.24) is 4.90 Å². The molecule has 1 fully saturated rings. The molecule has 1 aromatic carbocycles. The van der Waals surface area contributed by atoms with Gasteiger partial charge in [-0.2, -0.15) is 0 Å². The molecular formula is C16H22N2O3. The minimum atomic E-state index is -0.986. The van der Waals surface area contributed by atoms with Gasteiger partial charge in [0.1, 0.15) is 6.54 Å². The van der Waals surface area contributed by atoms with E-state index in [-0.39, 0.29) is 24.0 Å². The molecule has 114 valence electrons. The Morgan fingerprint density at radius 1 is 1.24 bits per heavy atom. The van der Waals surface area contributed by atoms with Gasteiger partial charge < -0.3 is 15.3 Å². The summed E-state index contributed by atoms with van der Waals surface area (Å²) in [6, 6.07) is 7.38. The molecule has 2 N–H and O–H groups in total. The van der Waals surface area contributed by atoms with Crippen LogP contribution in [0.4, 0.5) is 10.5 Å². The Morgan fingerprint density at radius 3 is 2.24 bits per heavy atom. The van der Waals surface area contributed by atoms with Gasteiger partial charge in [0.2, 0.25) is 0 Å². The molecule has 2 rings (SSSR count). The maximum atomic E-state index is 12.2. The Morgan fingerprint density at radius 2 is 1.81 bits per heavy atom. The molecule has 1 aliphatic carbocycles. The molecule has 0 atom stereocenters. The third kappa shape index (κ3) is 4.21. The Kier molecular flexibility index (Phi) is 4.21. The van der Waals surface area contributed by atoms with E-state index in [4.69, 9.17) is 5.11 Å². The monoisotopic (exact) mass is 290 g/mol. The highest BCUT2D eigenvalue weighted by atomic mass is 16.4. The largest absolute Gasteiger partial charge is 0.480 e. The zero-order valence-electron chi connectivity index (χ0n) is 12.7. The molecule has 0 unspecified atom stereocenters. The van der Waals surface area contributed by atoms with Crippen molar-refractivity contribution in [2.45, 2.75) is 45.1 Å². The van der Waals surface area contributed by atoms with Crippen molar-refractivity contribution in [1.29, 1.82) is 0 Å². The Balaban J connectivity index is 2.02. The lowest BCUT2D eigenvalue weighted by molar-refractivity contribution is -0.137. The number of rotatable bonds is 4. The number of hydrogen-bond acceptors (Lipinski definition) is 2. The van der Waals surface area contributed by atoms with Crippen molar-refractivity contribution in [2.24, 2.45) is 0 Å². The van der Waals surface area contributed by atoms with Gasteiger partial charge in [-0.05, 0) is 36.0 Å². The summed E-state index contributed by atoms with van der Waals surface area (Å²) >= 11 is 0. The third-order valence-electron chi connectivity index (χ3n) is 3.56. The first-order valence-electron chi connectivity index (χ1n) is 7.17. The summed E-state index contributed by atoms with van der Waals surface area (Å²) in [5.74, 6) is -0.986. The Labute approximate surface area is 125 Å². The summed E-state index contributed by atoms with van der Waals surface area (Å²) in [4.78, 5) is 24.4. The first-order valence-corrected chi connectivity index (χ1v) is 7.17. The normalized spacial score (nSPS) is 14.6. The molecule has 1 aliphatic rings. The Bertz CT molecular complexity index is 527. The highest BCUT2D eigenvalue weighted by molar-refractivity contribution is 5.91. The predicted octanol–water partition coefficient (Wildman–Crippen LogP) is 3.07. The number of carboxylic acid groups (broad SMARTS) is 1. The number of carbonyl (C=O) groups excluding carboxylic acids is 1. The zero-order chi connectivity index (χ0) is 15.6. The molecule has 0 radical (unpaired) electrons. The number of carboxylic acids is 1. The smallest absolute Gasteiger partial charge is 0.323 e. The number of nitrogens with zero attached hydrogens (tertiary/aromatic N) is 1. The molecule has 2 amide bonds. The van der Waals surface area contributed by atoms with Gasteiger partial charge in [0.05, 0.1) is 0 Å². The fourth-order valence-corrected chi connectivity index (χ4v) is 2.15. The van der Waals surface area contributed by atoms with Crippen LogP contribution in [-0.2, 0) is 10.2 Å². The maximum absolute atomic E-state index is 12.2. The summed E-state index contributed by atoms with van der Waals surface area (Å²) in [6.45, 7) is 6.13. The summed E-state index contributed by atoms with van der Waals surface area (Å²) in [5, 5.41) is 11.7. The van der Waals surface area contributed by atoms with Crippen LogP contribution in [0.25, 0.3) is 0 Å². The van der Waals surface area contributed by atoms with Crippen LogP contribution in [0.2, 0.25) is 0 Å². The number of anilines is 1. The summed E-state index contributed by atoms with van der Waals surface area (Å²) in [5.41, 5.74) is 1.93. The van der Waals surface area contributed by atoms with Gasteiger partial charge in [-0.1, -0.05) is 32.9 Å². The van der Waals surface area contributed by atoms with E-state index >= 15 is 0 Å². The summed E-state index contributed by atoms with van der Waals surface area (Å²) in [6.07, 6.45) is 1.76. The quantitative estimate of drug-likeness (QED) is 0.895. The van der Waals surface area contributed by atoms with Crippen LogP contribution in [0.5, 0.6) is 0 Å². The molecule has 0 bridgehead atoms. The number of carbonyl (C=O) groups is 2. The molecular weight excluding hydrogens is 268 g/mol. The van der Waals surface area contributed by atoms with Gasteiger partial charge in [-0.15, -0.1) is 0 Å². The maximum Gasteiger partial charge on any atom is 0.323 e. The van der Waals surface area contributed by atoms with Gasteiger partial charge >= 0.3 is 12.0 Å². The zero-order valence-corrected chi connectivity index (χ0v) is 12.7. The van der Waals surface area contributed by atoms with Gasteiger partial charge in [-0.25, -0.2) is 4.79 Å². The Hall–Kier alpha value is -2.04. The SMILES string of the molecule is CC(C)(C)c1ccc(NC(=O)N(CC(=O)O)C2CC2)cc1. The predicted molar refractivity (Wildman–Crippen MR) is 81.5 cm³/mol. The van der Waals surface area contributed by atoms with Gasteiger partial charge in [0, 0.05) is 11.7 Å². The molecule has 0 heterocycles. The van der Waals surface area contributed by atoms with E-state index in [1.165, 1.54) is 10.5 Å². The van der Waals surface area contributed by atoms with Gasteiger partial charge in [-0.3, -0.25) is 4.79 Å². The summed E-state index contributed by atoms with van der Waals surface area (Å²) < 4.78 is 0. The molecule has 0 aromatic heterocycles. The molecule has 21 heavy (non-hydrogen) atoms. The van der Waals surface area contributed by atoms with Crippen molar-refractivity contribution in [3.8, 4) is 0 Å². The highest BCUT2D eigenvalue weighted by Gasteiger charge is 2.33. The van der Waals surface area contributed by atoms with Crippen LogP contribution in [0, 0.1) is 0 Å². The van der Waals surface area contributed by atoms with Gasteiger partial charge in [0.15, 0.2) is 0 Å². The van der Waals surface area contributed by atoms with E-state index in [9.17, 15) is 9.59 Å². The molecule has 1 aromatic rings. The van der Waals surface area contributed by atoms with Crippen molar-refractivity contribution in [3.63, 3.8) is 0 Å².